The highest BCUT2D eigenvalue weighted by molar-refractivity contribution is 5.71. The maximum atomic E-state index is 12.9. The number of ether oxygens (including phenoxy) is 3. The van der Waals surface area contributed by atoms with Gasteiger partial charge in [0, 0.05) is 19.3 Å². The number of carbonyl (C=O) groups is 3. The molecule has 0 aliphatic rings. The maximum absolute atomic E-state index is 12.9. The zero-order valence-corrected chi connectivity index (χ0v) is 48.5. The normalized spacial score (nSPS) is 12.2. The van der Waals surface area contributed by atoms with Gasteiger partial charge >= 0.3 is 17.9 Å². The van der Waals surface area contributed by atoms with E-state index in [-0.39, 0.29) is 31.1 Å². The lowest BCUT2D eigenvalue weighted by molar-refractivity contribution is -0.167. The first-order chi connectivity index (χ1) is 35.5. The lowest BCUT2D eigenvalue weighted by Crippen LogP contribution is -2.30. The second-order valence-electron chi connectivity index (χ2n) is 21.7. The molecule has 0 saturated heterocycles. The fourth-order valence-electron chi connectivity index (χ4n) is 9.53. The van der Waals surface area contributed by atoms with E-state index in [9.17, 15) is 14.4 Å². The Morgan fingerprint density at radius 1 is 0.278 bits per heavy atom. The molecule has 0 fully saturated rings. The van der Waals surface area contributed by atoms with Crippen LogP contribution < -0.4 is 0 Å². The van der Waals surface area contributed by atoms with Gasteiger partial charge in [-0.15, -0.1) is 0 Å². The number of carbonyl (C=O) groups excluding carboxylic acids is 3. The lowest BCUT2D eigenvalue weighted by atomic mass is 10.0. The highest BCUT2D eigenvalue weighted by atomic mass is 16.6. The molecule has 0 aromatic rings. The van der Waals surface area contributed by atoms with Crippen molar-refractivity contribution in [1.82, 2.24) is 0 Å². The average molecular weight is 1010 g/mol. The molecule has 1 unspecified atom stereocenters. The zero-order chi connectivity index (χ0) is 52.2. The van der Waals surface area contributed by atoms with Gasteiger partial charge in [-0.1, -0.05) is 288 Å². The van der Waals surface area contributed by atoms with E-state index in [0.29, 0.717) is 19.3 Å². The van der Waals surface area contributed by atoms with Crippen LogP contribution in [0.5, 0.6) is 0 Å². The van der Waals surface area contributed by atoms with Gasteiger partial charge in [0.1, 0.15) is 13.2 Å². The van der Waals surface area contributed by atoms with Crippen molar-refractivity contribution >= 4 is 17.9 Å². The van der Waals surface area contributed by atoms with Crippen molar-refractivity contribution in [3.05, 3.63) is 36.5 Å². The Labute approximate surface area is 448 Å². The molecule has 0 rings (SSSR count). The van der Waals surface area contributed by atoms with Gasteiger partial charge in [-0.2, -0.15) is 0 Å². The summed E-state index contributed by atoms with van der Waals surface area (Å²) in [4.78, 5) is 38.1. The number of rotatable bonds is 59. The van der Waals surface area contributed by atoms with Crippen LogP contribution in [0.2, 0.25) is 0 Å². The van der Waals surface area contributed by atoms with Gasteiger partial charge in [0.15, 0.2) is 6.10 Å². The predicted octanol–water partition coefficient (Wildman–Crippen LogP) is 21.6. The Kier molecular flexibility index (Phi) is 59.2. The summed E-state index contributed by atoms with van der Waals surface area (Å²) in [5.74, 6) is -0.858. The molecule has 0 heterocycles. The Morgan fingerprint density at radius 2 is 0.500 bits per heavy atom. The fourth-order valence-corrected chi connectivity index (χ4v) is 9.53. The quantitative estimate of drug-likeness (QED) is 0.0261. The topological polar surface area (TPSA) is 78.9 Å². The second-order valence-corrected chi connectivity index (χ2v) is 21.7. The van der Waals surface area contributed by atoms with E-state index in [1.165, 1.54) is 244 Å². The van der Waals surface area contributed by atoms with E-state index in [1.54, 1.807) is 0 Å². The maximum Gasteiger partial charge on any atom is 0.306 e. The molecule has 1 atom stereocenters. The highest BCUT2D eigenvalue weighted by Crippen LogP contribution is 2.17. The molecule has 0 spiro atoms. The van der Waals surface area contributed by atoms with Crippen molar-refractivity contribution in [3.8, 4) is 0 Å². The Hall–Kier alpha value is -2.37. The van der Waals surface area contributed by atoms with Crippen molar-refractivity contribution in [2.45, 2.75) is 354 Å². The monoisotopic (exact) mass is 1010 g/mol. The van der Waals surface area contributed by atoms with Gasteiger partial charge in [0.05, 0.1) is 0 Å². The number of hydrogen-bond acceptors (Lipinski definition) is 6. The minimum Gasteiger partial charge on any atom is -0.462 e. The van der Waals surface area contributed by atoms with Crippen LogP contribution in [0.4, 0.5) is 0 Å². The first-order valence-electron chi connectivity index (χ1n) is 32.0. The molecule has 0 aliphatic carbocycles. The minimum absolute atomic E-state index is 0.0697. The molecule has 0 aromatic carbocycles. The molecule has 0 radical (unpaired) electrons. The predicted molar refractivity (Wildman–Crippen MR) is 312 cm³/mol. The third kappa shape index (κ3) is 58.5. The summed E-state index contributed by atoms with van der Waals surface area (Å²) in [5, 5.41) is 0. The summed E-state index contributed by atoms with van der Waals surface area (Å²) in [7, 11) is 0. The van der Waals surface area contributed by atoms with Gasteiger partial charge in [-0.05, 0) is 77.0 Å². The molecular weight excluding hydrogens is 889 g/mol. The number of hydrogen-bond donors (Lipinski definition) is 0. The summed E-state index contributed by atoms with van der Waals surface area (Å²) in [6, 6.07) is 0. The number of allylic oxidation sites excluding steroid dienone is 6. The Morgan fingerprint density at radius 3 is 0.806 bits per heavy atom. The smallest absolute Gasteiger partial charge is 0.306 e. The molecule has 0 N–H and O–H groups in total. The summed E-state index contributed by atoms with van der Waals surface area (Å²) in [6.07, 6.45) is 74.6. The van der Waals surface area contributed by atoms with Crippen LogP contribution in [-0.4, -0.2) is 37.2 Å². The zero-order valence-electron chi connectivity index (χ0n) is 48.5. The lowest BCUT2D eigenvalue weighted by Gasteiger charge is -2.18. The van der Waals surface area contributed by atoms with E-state index in [0.717, 1.165) is 64.2 Å². The number of esters is 3. The Bertz CT molecular complexity index is 1210. The fraction of sp³-hybridized carbons (Fsp3) is 0.864. The molecule has 6 nitrogen and oxygen atoms in total. The standard InChI is InChI=1S/C66H122O6/c1-4-7-10-13-16-19-21-23-25-27-29-30-31-32-33-34-35-36-38-39-41-43-45-47-50-53-56-59-65(68)71-62-63(61-70-64(67)58-55-52-49-18-15-12-9-6-3)72-66(69)60-57-54-51-48-46-44-42-40-37-28-26-24-22-20-17-14-11-8-5-2/h17,20,24,26-27,29,63H,4-16,18-19,21-23,25,28,30-62H2,1-3H3/b20-17-,26-24-,29-27-. The first-order valence-corrected chi connectivity index (χ1v) is 32.0. The van der Waals surface area contributed by atoms with E-state index in [4.69, 9.17) is 14.2 Å². The molecule has 0 saturated carbocycles. The van der Waals surface area contributed by atoms with Gasteiger partial charge in [0.2, 0.25) is 0 Å². The SMILES string of the molecule is CCCCC/C=C\C/C=C\CCCCCCCCCCCC(=O)OC(COC(=O)CCCCCCCCCC)COC(=O)CCCCCCCCCCCCCCCCC/C=C\CCCCCCCCCC. The van der Waals surface area contributed by atoms with E-state index in [1.807, 2.05) is 0 Å². The summed E-state index contributed by atoms with van der Waals surface area (Å²) >= 11 is 0. The molecule has 422 valence electrons. The van der Waals surface area contributed by atoms with Crippen LogP contribution in [0, 0.1) is 0 Å². The third-order valence-electron chi connectivity index (χ3n) is 14.4. The summed E-state index contributed by atoms with van der Waals surface area (Å²) in [6.45, 7) is 6.63. The highest BCUT2D eigenvalue weighted by Gasteiger charge is 2.19. The molecule has 0 amide bonds. The van der Waals surface area contributed by atoms with Crippen LogP contribution in [-0.2, 0) is 28.6 Å². The van der Waals surface area contributed by atoms with Crippen molar-refractivity contribution < 1.29 is 28.6 Å². The van der Waals surface area contributed by atoms with Crippen molar-refractivity contribution in [2.75, 3.05) is 13.2 Å². The van der Waals surface area contributed by atoms with Crippen LogP contribution in [0.3, 0.4) is 0 Å². The summed E-state index contributed by atoms with van der Waals surface area (Å²) < 4.78 is 16.9. The van der Waals surface area contributed by atoms with Crippen LogP contribution in [0.15, 0.2) is 36.5 Å². The van der Waals surface area contributed by atoms with E-state index in [2.05, 4.69) is 57.2 Å². The first kappa shape index (κ1) is 69.6. The van der Waals surface area contributed by atoms with Crippen molar-refractivity contribution in [2.24, 2.45) is 0 Å². The van der Waals surface area contributed by atoms with Gasteiger partial charge in [-0.25, -0.2) is 0 Å². The van der Waals surface area contributed by atoms with Gasteiger partial charge < -0.3 is 14.2 Å². The van der Waals surface area contributed by atoms with E-state index < -0.39 is 6.10 Å². The second kappa shape index (κ2) is 61.2. The molecule has 6 heteroatoms. The van der Waals surface area contributed by atoms with Crippen molar-refractivity contribution in [3.63, 3.8) is 0 Å². The summed E-state index contributed by atoms with van der Waals surface area (Å²) in [5.41, 5.74) is 0. The molecule has 72 heavy (non-hydrogen) atoms. The van der Waals surface area contributed by atoms with E-state index >= 15 is 0 Å². The molecule has 0 aliphatic heterocycles. The van der Waals surface area contributed by atoms with Gasteiger partial charge in [-0.3, -0.25) is 14.4 Å². The molecular formula is C66H122O6. The molecule has 0 aromatic heterocycles. The van der Waals surface area contributed by atoms with Crippen LogP contribution in [0.25, 0.3) is 0 Å². The van der Waals surface area contributed by atoms with Crippen molar-refractivity contribution in [1.29, 1.82) is 0 Å². The molecule has 0 bridgehead atoms. The largest absolute Gasteiger partial charge is 0.462 e. The minimum atomic E-state index is -0.770. The van der Waals surface area contributed by atoms with Crippen LogP contribution in [0.1, 0.15) is 348 Å². The van der Waals surface area contributed by atoms with Crippen LogP contribution >= 0.6 is 0 Å². The number of unbranched alkanes of at least 4 members (excludes halogenated alkanes) is 42. The third-order valence-corrected chi connectivity index (χ3v) is 14.4. The van der Waals surface area contributed by atoms with Gasteiger partial charge in [0.25, 0.3) is 0 Å². The average Bonchev–Trinajstić information content (AvgIpc) is 3.38. The Balaban J connectivity index is 4.10.